The van der Waals surface area contributed by atoms with Gasteiger partial charge in [-0.25, -0.2) is 0 Å². The Kier molecular flexibility index (Phi) is 4.19. The van der Waals surface area contributed by atoms with E-state index >= 15 is 0 Å². The van der Waals surface area contributed by atoms with Crippen molar-refractivity contribution in [2.45, 2.75) is 20.0 Å². The van der Waals surface area contributed by atoms with Gasteiger partial charge >= 0.3 is 0 Å². The van der Waals surface area contributed by atoms with Crippen molar-refractivity contribution in [3.05, 3.63) is 66.1 Å². The van der Waals surface area contributed by atoms with E-state index in [0.717, 1.165) is 11.1 Å². The van der Waals surface area contributed by atoms with Crippen LogP contribution in [-0.2, 0) is 0 Å². The Labute approximate surface area is 133 Å². The summed E-state index contributed by atoms with van der Waals surface area (Å²) in [6.07, 6.45) is 0.717. The van der Waals surface area contributed by atoms with Gasteiger partial charge < -0.3 is 9.15 Å². The van der Waals surface area contributed by atoms with E-state index in [1.807, 2.05) is 43.3 Å². The maximum Gasteiger partial charge on any atom is 0.247 e. The first kappa shape index (κ1) is 15.0. The Hall–Kier alpha value is -2.95. The van der Waals surface area contributed by atoms with Crippen LogP contribution in [0.3, 0.4) is 0 Å². The number of nitrogens with zero attached hydrogens (tertiary/aromatic N) is 2. The summed E-state index contributed by atoms with van der Waals surface area (Å²) >= 11 is 0. The Morgan fingerprint density at radius 3 is 2.39 bits per heavy atom. The highest BCUT2D eigenvalue weighted by atomic mass is 16.5. The maximum atomic E-state index is 12.4. The largest absolute Gasteiger partial charge is 0.483 e. The zero-order valence-corrected chi connectivity index (χ0v) is 12.9. The molecule has 116 valence electrons. The van der Waals surface area contributed by atoms with E-state index in [2.05, 4.69) is 10.2 Å². The second-order valence-electron chi connectivity index (χ2n) is 5.26. The van der Waals surface area contributed by atoms with Crippen molar-refractivity contribution in [2.75, 3.05) is 0 Å². The number of hydrogen-bond acceptors (Lipinski definition) is 5. The Morgan fingerprint density at radius 2 is 1.78 bits per heavy atom. The number of aryl methyl sites for hydroxylation is 1. The van der Waals surface area contributed by atoms with Gasteiger partial charge in [-0.3, -0.25) is 4.79 Å². The van der Waals surface area contributed by atoms with Crippen LogP contribution in [0, 0.1) is 6.92 Å². The molecule has 0 radical (unpaired) electrons. The van der Waals surface area contributed by atoms with Crippen molar-refractivity contribution >= 4 is 5.78 Å². The molecule has 0 spiro atoms. The number of carbonyl (C=O) groups excluding carboxylic acids is 1. The molecule has 2 aromatic carbocycles. The van der Waals surface area contributed by atoms with Crippen molar-refractivity contribution in [3.8, 4) is 17.2 Å². The molecule has 23 heavy (non-hydrogen) atoms. The molecule has 0 saturated heterocycles. The molecule has 5 heteroatoms. The van der Waals surface area contributed by atoms with Crippen molar-refractivity contribution < 1.29 is 13.9 Å². The summed E-state index contributed by atoms with van der Waals surface area (Å²) in [5.74, 6) is 1.01. The zero-order chi connectivity index (χ0) is 16.2. The minimum Gasteiger partial charge on any atom is -0.483 e. The fraction of sp³-hybridized carbons (Fsp3) is 0.167. The SMILES string of the molecule is Cc1ccc(C(=O)C(C)Oc2ccc(-c3nnco3)cc2)cc1. The number of rotatable bonds is 5. The first-order valence-electron chi connectivity index (χ1n) is 7.27. The van der Waals surface area contributed by atoms with E-state index < -0.39 is 6.10 Å². The first-order chi connectivity index (χ1) is 11.1. The third kappa shape index (κ3) is 3.45. The van der Waals surface area contributed by atoms with Crippen molar-refractivity contribution in [3.63, 3.8) is 0 Å². The lowest BCUT2D eigenvalue weighted by atomic mass is 10.1. The molecule has 1 aromatic heterocycles. The monoisotopic (exact) mass is 308 g/mol. The summed E-state index contributed by atoms with van der Waals surface area (Å²) in [6.45, 7) is 3.73. The molecule has 3 aromatic rings. The summed E-state index contributed by atoms with van der Waals surface area (Å²) in [6, 6.07) is 14.6. The summed E-state index contributed by atoms with van der Waals surface area (Å²) in [4.78, 5) is 12.4. The molecule has 0 saturated carbocycles. The molecule has 0 aliphatic carbocycles. The van der Waals surface area contributed by atoms with Crippen LogP contribution in [0.1, 0.15) is 22.8 Å². The van der Waals surface area contributed by atoms with E-state index in [1.165, 1.54) is 6.39 Å². The lowest BCUT2D eigenvalue weighted by molar-refractivity contribution is 0.0818. The molecule has 0 aliphatic rings. The number of Topliss-reactive ketones (excluding diaryl/α,β-unsaturated/α-hetero) is 1. The number of ether oxygens (including phenoxy) is 1. The Balaban J connectivity index is 1.68. The van der Waals surface area contributed by atoms with E-state index in [0.29, 0.717) is 17.2 Å². The van der Waals surface area contributed by atoms with Crippen LogP contribution in [0.25, 0.3) is 11.5 Å². The fourth-order valence-electron chi connectivity index (χ4n) is 2.19. The summed E-state index contributed by atoms with van der Waals surface area (Å²) < 4.78 is 10.8. The van der Waals surface area contributed by atoms with Gasteiger partial charge in [0.05, 0.1) is 0 Å². The van der Waals surface area contributed by atoms with E-state index in [4.69, 9.17) is 9.15 Å². The molecule has 0 bridgehead atoms. The van der Waals surface area contributed by atoms with E-state index in [-0.39, 0.29) is 5.78 Å². The minimum absolute atomic E-state index is 0.0500. The normalized spacial score (nSPS) is 11.9. The molecule has 0 amide bonds. The van der Waals surface area contributed by atoms with Crippen LogP contribution in [0.4, 0.5) is 0 Å². The van der Waals surface area contributed by atoms with Crippen LogP contribution < -0.4 is 4.74 Å². The van der Waals surface area contributed by atoms with Crippen LogP contribution >= 0.6 is 0 Å². The molecular formula is C18H16N2O3. The molecule has 0 aliphatic heterocycles. The van der Waals surface area contributed by atoms with Gasteiger partial charge in [0.2, 0.25) is 18.1 Å². The van der Waals surface area contributed by atoms with Gasteiger partial charge in [0.25, 0.3) is 0 Å². The first-order valence-corrected chi connectivity index (χ1v) is 7.27. The van der Waals surface area contributed by atoms with Gasteiger partial charge in [0.15, 0.2) is 6.10 Å². The van der Waals surface area contributed by atoms with Gasteiger partial charge in [0.1, 0.15) is 5.75 Å². The number of aromatic nitrogens is 2. The molecular weight excluding hydrogens is 292 g/mol. The third-order valence-corrected chi connectivity index (χ3v) is 3.48. The predicted molar refractivity (Wildman–Crippen MR) is 85.3 cm³/mol. The average molecular weight is 308 g/mol. The Morgan fingerprint density at radius 1 is 1.09 bits per heavy atom. The van der Waals surface area contributed by atoms with Crippen LogP contribution in [0.5, 0.6) is 5.75 Å². The second kappa shape index (κ2) is 6.44. The van der Waals surface area contributed by atoms with Crippen LogP contribution in [0.15, 0.2) is 59.3 Å². The molecule has 3 rings (SSSR count). The van der Waals surface area contributed by atoms with Crippen molar-refractivity contribution in [1.82, 2.24) is 10.2 Å². The Bertz CT molecular complexity index is 778. The fourth-order valence-corrected chi connectivity index (χ4v) is 2.19. The quantitative estimate of drug-likeness (QED) is 0.672. The third-order valence-electron chi connectivity index (χ3n) is 3.48. The summed E-state index contributed by atoms with van der Waals surface area (Å²) in [5, 5.41) is 7.48. The molecule has 0 fully saturated rings. The van der Waals surface area contributed by atoms with Crippen LogP contribution in [-0.4, -0.2) is 22.1 Å². The number of benzene rings is 2. The molecule has 1 heterocycles. The van der Waals surface area contributed by atoms with Gasteiger partial charge in [-0.1, -0.05) is 29.8 Å². The zero-order valence-electron chi connectivity index (χ0n) is 12.9. The van der Waals surface area contributed by atoms with E-state index in [1.54, 1.807) is 19.1 Å². The average Bonchev–Trinajstić information content (AvgIpc) is 3.10. The van der Waals surface area contributed by atoms with Gasteiger partial charge in [-0.05, 0) is 38.1 Å². The molecule has 1 unspecified atom stereocenters. The topological polar surface area (TPSA) is 65.2 Å². The highest BCUT2D eigenvalue weighted by Crippen LogP contribution is 2.21. The van der Waals surface area contributed by atoms with Gasteiger partial charge in [-0.15, -0.1) is 10.2 Å². The van der Waals surface area contributed by atoms with Crippen LogP contribution in [0.2, 0.25) is 0 Å². The molecule has 5 nitrogen and oxygen atoms in total. The highest BCUT2D eigenvalue weighted by molar-refractivity contribution is 5.99. The highest BCUT2D eigenvalue weighted by Gasteiger charge is 2.17. The van der Waals surface area contributed by atoms with Crippen molar-refractivity contribution in [1.29, 1.82) is 0 Å². The second-order valence-corrected chi connectivity index (χ2v) is 5.26. The van der Waals surface area contributed by atoms with Gasteiger partial charge in [-0.2, -0.15) is 0 Å². The standard InChI is InChI=1S/C18H16N2O3/c1-12-3-5-14(6-4-12)17(21)13(2)23-16-9-7-15(8-10-16)18-20-19-11-22-18/h3-11,13H,1-2H3. The predicted octanol–water partition coefficient (Wildman–Crippen LogP) is 3.70. The molecule has 1 atom stereocenters. The van der Waals surface area contributed by atoms with Gasteiger partial charge in [0, 0.05) is 11.1 Å². The maximum absolute atomic E-state index is 12.4. The minimum atomic E-state index is -0.563. The number of carbonyl (C=O) groups is 1. The lowest BCUT2D eigenvalue weighted by Gasteiger charge is -2.14. The smallest absolute Gasteiger partial charge is 0.247 e. The summed E-state index contributed by atoms with van der Waals surface area (Å²) in [7, 11) is 0. The number of ketones is 1. The van der Waals surface area contributed by atoms with E-state index in [9.17, 15) is 4.79 Å². The summed E-state index contributed by atoms with van der Waals surface area (Å²) in [5.41, 5.74) is 2.56. The lowest BCUT2D eigenvalue weighted by Crippen LogP contribution is -2.23. The molecule has 0 N–H and O–H groups in total. The number of hydrogen-bond donors (Lipinski definition) is 0. The van der Waals surface area contributed by atoms with Crippen molar-refractivity contribution in [2.24, 2.45) is 0 Å².